The van der Waals surface area contributed by atoms with Crippen molar-refractivity contribution in [1.29, 1.82) is 0 Å². The number of nitrogens with one attached hydrogen (secondary N) is 1. The maximum atomic E-state index is 14.2. The van der Waals surface area contributed by atoms with Gasteiger partial charge in [-0.15, -0.1) is 0 Å². The molecule has 0 bridgehead atoms. The highest BCUT2D eigenvalue weighted by atomic mass is 79.9. The smallest absolute Gasteiger partial charge is 0.264 e. The molecule has 1 aliphatic rings. The van der Waals surface area contributed by atoms with Gasteiger partial charge in [-0.2, -0.15) is 0 Å². The van der Waals surface area contributed by atoms with Crippen LogP contribution in [0.4, 0.5) is 5.69 Å². The fourth-order valence-electron chi connectivity index (χ4n) is 5.15. The molecule has 1 atom stereocenters. The average molecular weight is 661 g/mol. The molecular formula is C31H35BrClN3O4S. The third-order valence-corrected chi connectivity index (χ3v) is 9.99. The van der Waals surface area contributed by atoms with Gasteiger partial charge in [0.25, 0.3) is 10.0 Å². The van der Waals surface area contributed by atoms with E-state index in [1.807, 2.05) is 13.0 Å². The molecule has 0 saturated heterocycles. The predicted octanol–water partition coefficient (Wildman–Crippen LogP) is 6.55. The topological polar surface area (TPSA) is 86.8 Å². The van der Waals surface area contributed by atoms with Gasteiger partial charge in [0.1, 0.15) is 12.6 Å². The van der Waals surface area contributed by atoms with Crippen LogP contribution in [0, 0.1) is 0 Å². The summed E-state index contributed by atoms with van der Waals surface area (Å²) < 4.78 is 29.5. The van der Waals surface area contributed by atoms with Gasteiger partial charge in [0.05, 0.1) is 10.6 Å². The number of hydrogen-bond donors (Lipinski definition) is 1. The third kappa shape index (κ3) is 7.90. The second-order valence-electron chi connectivity index (χ2n) is 10.2. The first-order chi connectivity index (χ1) is 19.7. The number of hydrogen-bond acceptors (Lipinski definition) is 4. The summed E-state index contributed by atoms with van der Waals surface area (Å²) >= 11 is 9.89. The fourth-order valence-corrected chi connectivity index (χ4v) is 7.16. The molecule has 4 rings (SSSR count). The minimum Gasteiger partial charge on any atom is -0.352 e. The van der Waals surface area contributed by atoms with E-state index in [1.165, 1.54) is 17.0 Å². The van der Waals surface area contributed by atoms with Crippen LogP contribution >= 0.6 is 27.5 Å². The van der Waals surface area contributed by atoms with Gasteiger partial charge in [0.15, 0.2) is 0 Å². The number of anilines is 1. The van der Waals surface area contributed by atoms with Gasteiger partial charge in [-0.1, -0.05) is 96.2 Å². The normalized spacial score (nSPS) is 14.7. The van der Waals surface area contributed by atoms with Crippen LogP contribution in [0.3, 0.4) is 0 Å². The lowest BCUT2D eigenvalue weighted by molar-refractivity contribution is -0.140. The lowest BCUT2D eigenvalue weighted by atomic mass is 9.95. The van der Waals surface area contributed by atoms with Crippen LogP contribution in [0.2, 0.25) is 5.02 Å². The Kier molecular flexibility index (Phi) is 10.9. The first kappa shape index (κ1) is 31.1. The van der Waals surface area contributed by atoms with Crippen LogP contribution in [0.15, 0.2) is 88.2 Å². The predicted molar refractivity (Wildman–Crippen MR) is 166 cm³/mol. The van der Waals surface area contributed by atoms with Gasteiger partial charge in [-0.3, -0.25) is 13.9 Å². The number of carbonyl (C=O) groups excluding carboxylic acids is 2. The molecule has 1 saturated carbocycles. The number of sulfonamides is 1. The van der Waals surface area contributed by atoms with E-state index in [-0.39, 0.29) is 23.4 Å². The Morgan fingerprint density at radius 3 is 2.32 bits per heavy atom. The van der Waals surface area contributed by atoms with Crippen molar-refractivity contribution in [3.63, 3.8) is 0 Å². The van der Waals surface area contributed by atoms with Crippen molar-refractivity contribution < 1.29 is 18.0 Å². The molecule has 1 aliphatic carbocycles. The van der Waals surface area contributed by atoms with Crippen molar-refractivity contribution in [2.45, 2.75) is 69.0 Å². The van der Waals surface area contributed by atoms with E-state index in [4.69, 9.17) is 11.6 Å². The Bertz CT molecular complexity index is 1450. The number of rotatable bonds is 11. The second-order valence-corrected chi connectivity index (χ2v) is 13.4. The summed E-state index contributed by atoms with van der Waals surface area (Å²) in [5, 5.41) is 3.62. The Balaban J connectivity index is 1.71. The Labute approximate surface area is 256 Å². The van der Waals surface area contributed by atoms with E-state index in [2.05, 4.69) is 21.2 Å². The molecule has 10 heteroatoms. The molecule has 41 heavy (non-hydrogen) atoms. The van der Waals surface area contributed by atoms with Crippen LogP contribution in [-0.2, 0) is 26.2 Å². The van der Waals surface area contributed by atoms with Crippen LogP contribution in [0.25, 0.3) is 0 Å². The Hall–Kier alpha value is -2.88. The third-order valence-electron chi connectivity index (χ3n) is 7.34. The van der Waals surface area contributed by atoms with Crippen molar-refractivity contribution in [2.24, 2.45) is 0 Å². The summed E-state index contributed by atoms with van der Waals surface area (Å²) in [7, 11) is -4.12. The number of nitrogens with zero attached hydrogens (tertiary/aromatic N) is 2. The quantitative estimate of drug-likeness (QED) is 0.253. The van der Waals surface area contributed by atoms with E-state index in [0.717, 1.165) is 36.4 Å². The zero-order valence-electron chi connectivity index (χ0n) is 23.0. The molecule has 0 radical (unpaired) electrons. The van der Waals surface area contributed by atoms with Crippen molar-refractivity contribution in [1.82, 2.24) is 10.2 Å². The molecule has 3 aromatic carbocycles. The molecule has 0 aliphatic heterocycles. The number of halogens is 2. The SMILES string of the molecule is CC[C@H](C(=O)NC1CCCCC1)N(Cc1ccccc1Cl)C(=O)CN(c1cccc(Br)c1)S(=O)(=O)c1ccccc1. The Morgan fingerprint density at radius 2 is 1.66 bits per heavy atom. The van der Waals surface area contributed by atoms with Crippen LogP contribution in [0.1, 0.15) is 51.0 Å². The van der Waals surface area contributed by atoms with Gasteiger partial charge in [-0.05, 0) is 61.2 Å². The van der Waals surface area contributed by atoms with Crippen LogP contribution in [-0.4, -0.2) is 43.8 Å². The minimum atomic E-state index is -4.12. The molecule has 7 nitrogen and oxygen atoms in total. The first-order valence-electron chi connectivity index (χ1n) is 13.9. The van der Waals surface area contributed by atoms with Crippen molar-refractivity contribution in [2.75, 3.05) is 10.8 Å². The number of benzene rings is 3. The van der Waals surface area contributed by atoms with Gasteiger partial charge in [0.2, 0.25) is 11.8 Å². The molecule has 1 fully saturated rings. The van der Waals surface area contributed by atoms with Crippen molar-refractivity contribution in [3.8, 4) is 0 Å². The molecule has 0 aromatic heterocycles. The van der Waals surface area contributed by atoms with Gasteiger partial charge >= 0.3 is 0 Å². The lowest BCUT2D eigenvalue weighted by Crippen LogP contribution is -2.54. The van der Waals surface area contributed by atoms with Crippen LogP contribution < -0.4 is 9.62 Å². The zero-order valence-corrected chi connectivity index (χ0v) is 26.2. The average Bonchev–Trinajstić information content (AvgIpc) is 2.97. The minimum absolute atomic E-state index is 0.0623. The summed E-state index contributed by atoms with van der Waals surface area (Å²) in [5.41, 5.74) is 1.00. The Morgan fingerprint density at radius 1 is 0.976 bits per heavy atom. The molecule has 0 unspecified atom stereocenters. The van der Waals surface area contributed by atoms with Gasteiger partial charge < -0.3 is 10.2 Å². The monoisotopic (exact) mass is 659 g/mol. The highest BCUT2D eigenvalue weighted by Crippen LogP contribution is 2.28. The van der Waals surface area contributed by atoms with E-state index in [9.17, 15) is 18.0 Å². The van der Waals surface area contributed by atoms with Gasteiger partial charge in [-0.25, -0.2) is 8.42 Å². The summed E-state index contributed by atoms with van der Waals surface area (Å²) in [5.74, 6) is -0.741. The van der Waals surface area contributed by atoms with Crippen LogP contribution in [0.5, 0.6) is 0 Å². The summed E-state index contributed by atoms with van der Waals surface area (Å²) in [6.45, 7) is 1.42. The number of carbonyl (C=O) groups is 2. The lowest BCUT2D eigenvalue weighted by Gasteiger charge is -2.34. The molecule has 3 aromatic rings. The summed E-state index contributed by atoms with van der Waals surface area (Å²) in [4.78, 5) is 29.3. The van der Waals surface area contributed by atoms with E-state index in [1.54, 1.807) is 60.7 Å². The molecule has 0 spiro atoms. The summed E-state index contributed by atoms with van der Waals surface area (Å²) in [6.07, 6.45) is 5.45. The van der Waals surface area contributed by atoms with E-state index in [0.29, 0.717) is 27.2 Å². The highest BCUT2D eigenvalue weighted by molar-refractivity contribution is 9.10. The van der Waals surface area contributed by atoms with Crippen molar-refractivity contribution >= 4 is 55.1 Å². The maximum Gasteiger partial charge on any atom is 0.264 e. The maximum absolute atomic E-state index is 14.2. The molecule has 218 valence electrons. The largest absolute Gasteiger partial charge is 0.352 e. The molecular weight excluding hydrogens is 626 g/mol. The van der Waals surface area contributed by atoms with Gasteiger partial charge in [0, 0.05) is 22.1 Å². The van der Waals surface area contributed by atoms with Crippen molar-refractivity contribution in [3.05, 3.63) is 93.9 Å². The zero-order chi connectivity index (χ0) is 29.4. The molecule has 1 N–H and O–H groups in total. The fraction of sp³-hybridized carbons (Fsp3) is 0.355. The second kappa shape index (κ2) is 14.3. The number of amides is 2. The highest BCUT2D eigenvalue weighted by Gasteiger charge is 2.34. The first-order valence-corrected chi connectivity index (χ1v) is 16.5. The standard InChI is InChI=1S/C31H35BrClN3O4S/c1-2-29(31(38)34-25-14-5-3-6-15-25)35(21-23-12-9-10-19-28(23)33)30(37)22-36(26-16-11-13-24(32)20-26)41(39,40)27-17-7-4-8-18-27/h4,7-13,16-20,25,29H,2-3,5-6,14-15,21-22H2,1H3,(H,34,38)/t29-/m1/s1. The molecule has 2 amide bonds. The van der Waals surface area contributed by atoms with E-state index < -0.39 is 28.5 Å². The van der Waals surface area contributed by atoms with E-state index >= 15 is 0 Å². The summed E-state index contributed by atoms with van der Waals surface area (Å²) in [6, 6.07) is 21.2. The molecule has 0 heterocycles.